The summed E-state index contributed by atoms with van der Waals surface area (Å²) in [6, 6.07) is 7.87. The molecule has 0 bridgehead atoms. The Morgan fingerprint density at radius 1 is 1.42 bits per heavy atom. The van der Waals surface area contributed by atoms with Gasteiger partial charge in [-0.05, 0) is 59.4 Å². The van der Waals surface area contributed by atoms with E-state index in [1.165, 1.54) is 4.88 Å². The van der Waals surface area contributed by atoms with Crippen LogP contribution in [0.3, 0.4) is 0 Å². The van der Waals surface area contributed by atoms with Gasteiger partial charge >= 0.3 is 0 Å². The van der Waals surface area contributed by atoms with Crippen LogP contribution in [-0.2, 0) is 0 Å². The summed E-state index contributed by atoms with van der Waals surface area (Å²) < 4.78 is 6.73. The van der Waals surface area contributed by atoms with Gasteiger partial charge in [-0.3, -0.25) is 0 Å². The fourth-order valence-electron chi connectivity index (χ4n) is 1.81. The molecule has 0 aliphatic carbocycles. The van der Waals surface area contributed by atoms with E-state index in [1.54, 1.807) is 11.3 Å². The second-order valence-electron chi connectivity index (χ2n) is 4.07. The third-order valence-electron chi connectivity index (χ3n) is 2.65. The largest absolute Gasteiger partial charge is 0.492 e. The van der Waals surface area contributed by atoms with Crippen LogP contribution in [-0.4, -0.2) is 6.61 Å². The molecular weight excluding hydrogens is 346 g/mol. The summed E-state index contributed by atoms with van der Waals surface area (Å²) >= 11 is 11.3. The summed E-state index contributed by atoms with van der Waals surface area (Å²) in [6.07, 6.45) is 0. The van der Waals surface area contributed by atoms with E-state index in [4.69, 9.17) is 16.3 Å². The zero-order valence-electron chi connectivity index (χ0n) is 10.7. The molecule has 2 rings (SSSR count). The number of rotatable bonds is 5. The highest BCUT2D eigenvalue weighted by Crippen LogP contribution is 2.35. The van der Waals surface area contributed by atoms with Crippen LogP contribution in [0.25, 0.3) is 0 Å². The summed E-state index contributed by atoms with van der Waals surface area (Å²) in [4.78, 5) is 1.25. The van der Waals surface area contributed by atoms with Gasteiger partial charge in [-0.2, -0.15) is 0 Å². The van der Waals surface area contributed by atoms with Crippen molar-refractivity contribution in [2.24, 2.45) is 0 Å². The molecule has 0 aliphatic heterocycles. The van der Waals surface area contributed by atoms with Crippen LogP contribution < -0.4 is 10.1 Å². The van der Waals surface area contributed by atoms with Crippen molar-refractivity contribution in [1.29, 1.82) is 0 Å². The van der Waals surface area contributed by atoms with Crippen molar-refractivity contribution in [3.63, 3.8) is 0 Å². The second kappa shape index (κ2) is 6.64. The summed E-state index contributed by atoms with van der Waals surface area (Å²) in [5.41, 5.74) is 0.919. The summed E-state index contributed by atoms with van der Waals surface area (Å²) in [6.45, 7) is 4.72. The lowest BCUT2D eigenvalue weighted by Crippen LogP contribution is -2.07. The number of thiophene rings is 1. The minimum Gasteiger partial charge on any atom is -0.492 e. The smallest absolute Gasteiger partial charge is 0.142 e. The van der Waals surface area contributed by atoms with Crippen LogP contribution in [0, 0.1) is 0 Å². The van der Waals surface area contributed by atoms with Crippen molar-refractivity contribution in [2.75, 3.05) is 11.9 Å². The predicted molar refractivity (Wildman–Crippen MR) is 86.7 cm³/mol. The third-order valence-corrected chi connectivity index (χ3v) is 4.94. The van der Waals surface area contributed by atoms with Crippen molar-refractivity contribution in [3.05, 3.63) is 44.0 Å². The van der Waals surface area contributed by atoms with Crippen molar-refractivity contribution in [2.45, 2.75) is 19.9 Å². The summed E-state index contributed by atoms with van der Waals surface area (Å²) in [5, 5.41) is 6.22. The summed E-state index contributed by atoms with van der Waals surface area (Å²) in [5.74, 6) is 0.825. The molecule has 0 spiro atoms. The first-order valence-corrected chi connectivity index (χ1v) is 8.08. The number of ether oxygens (including phenoxy) is 1. The van der Waals surface area contributed by atoms with E-state index < -0.39 is 0 Å². The van der Waals surface area contributed by atoms with Crippen molar-refractivity contribution in [3.8, 4) is 5.75 Å². The van der Waals surface area contributed by atoms with Crippen LogP contribution in [0.15, 0.2) is 34.1 Å². The van der Waals surface area contributed by atoms with Gasteiger partial charge in [0.25, 0.3) is 0 Å². The quantitative estimate of drug-likeness (QED) is 0.734. The molecule has 1 atom stereocenters. The van der Waals surface area contributed by atoms with Gasteiger partial charge in [-0.25, -0.2) is 0 Å². The number of hydrogen-bond acceptors (Lipinski definition) is 3. The fourth-order valence-corrected chi connectivity index (χ4v) is 3.71. The molecule has 2 aromatic rings. The lowest BCUT2D eigenvalue weighted by Gasteiger charge is -2.18. The van der Waals surface area contributed by atoms with Crippen LogP contribution >= 0.6 is 38.9 Å². The fraction of sp³-hybridized carbons (Fsp3) is 0.286. The molecule has 102 valence electrons. The van der Waals surface area contributed by atoms with Crippen LogP contribution in [0.1, 0.15) is 24.8 Å². The molecular formula is C14H15BrClNOS. The van der Waals surface area contributed by atoms with Gasteiger partial charge in [0.05, 0.1) is 18.3 Å². The molecule has 0 amide bonds. The lowest BCUT2D eigenvalue weighted by molar-refractivity contribution is 0.341. The van der Waals surface area contributed by atoms with Crippen LogP contribution in [0.5, 0.6) is 5.75 Å². The van der Waals surface area contributed by atoms with E-state index in [9.17, 15) is 0 Å². The van der Waals surface area contributed by atoms with Gasteiger partial charge in [-0.1, -0.05) is 11.6 Å². The Kier molecular flexibility index (Phi) is 5.13. The maximum Gasteiger partial charge on any atom is 0.142 e. The average Bonchev–Trinajstić information content (AvgIpc) is 2.79. The SMILES string of the molecule is CCOc1ccc(Cl)cc1NC(C)c1sccc1Br. The molecule has 5 heteroatoms. The minimum absolute atomic E-state index is 0.187. The van der Waals surface area contributed by atoms with Crippen LogP contribution in [0.4, 0.5) is 5.69 Å². The zero-order valence-corrected chi connectivity index (χ0v) is 13.9. The van der Waals surface area contributed by atoms with Gasteiger partial charge in [0.2, 0.25) is 0 Å². The third kappa shape index (κ3) is 3.65. The summed E-state index contributed by atoms with van der Waals surface area (Å²) in [7, 11) is 0. The average molecular weight is 361 g/mol. The second-order valence-corrected chi connectivity index (χ2v) is 6.31. The Hall–Kier alpha value is -0.710. The first-order valence-electron chi connectivity index (χ1n) is 6.03. The Morgan fingerprint density at radius 2 is 2.21 bits per heavy atom. The minimum atomic E-state index is 0.187. The molecule has 1 unspecified atom stereocenters. The Balaban J connectivity index is 2.22. The molecule has 0 saturated carbocycles. The molecule has 1 aromatic heterocycles. The van der Waals surface area contributed by atoms with E-state index in [0.29, 0.717) is 11.6 Å². The highest BCUT2D eigenvalue weighted by Gasteiger charge is 2.13. The topological polar surface area (TPSA) is 21.3 Å². The van der Waals surface area contributed by atoms with Crippen molar-refractivity contribution < 1.29 is 4.74 Å². The lowest BCUT2D eigenvalue weighted by atomic mass is 10.2. The molecule has 0 aliphatic rings. The van der Waals surface area contributed by atoms with Gasteiger partial charge < -0.3 is 10.1 Å². The van der Waals surface area contributed by atoms with E-state index in [0.717, 1.165) is 15.9 Å². The monoisotopic (exact) mass is 359 g/mol. The maximum atomic E-state index is 6.05. The van der Waals surface area contributed by atoms with E-state index in [2.05, 4.69) is 39.6 Å². The van der Waals surface area contributed by atoms with Crippen LogP contribution in [0.2, 0.25) is 5.02 Å². The zero-order chi connectivity index (χ0) is 13.8. The first kappa shape index (κ1) is 14.7. The molecule has 0 fully saturated rings. The molecule has 1 N–H and O–H groups in total. The van der Waals surface area contributed by atoms with Gasteiger partial charge in [0.15, 0.2) is 0 Å². The van der Waals surface area contributed by atoms with Gasteiger partial charge in [0, 0.05) is 14.4 Å². The molecule has 2 nitrogen and oxygen atoms in total. The number of halogens is 2. The highest BCUT2D eigenvalue weighted by atomic mass is 79.9. The molecule has 0 saturated heterocycles. The van der Waals surface area contributed by atoms with Gasteiger partial charge in [-0.15, -0.1) is 11.3 Å². The number of anilines is 1. The normalized spacial score (nSPS) is 12.2. The van der Waals surface area contributed by atoms with Gasteiger partial charge in [0.1, 0.15) is 5.75 Å². The Labute approximate surface area is 130 Å². The number of benzene rings is 1. The number of nitrogens with one attached hydrogen (secondary N) is 1. The molecule has 1 aromatic carbocycles. The molecule has 19 heavy (non-hydrogen) atoms. The molecule has 1 heterocycles. The standard InChI is InChI=1S/C14H15BrClNOS/c1-3-18-13-5-4-10(16)8-12(13)17-9(2)14-11(15)6-7-19-14/h4-9,17H,3H2,1-2H3. The number of hydrogen-bond donors (Lipinski definition) is 1. The maximum absolute atomic E-state index is 6.05. The highest BCUT2D eigenvalue weighted by molar-refractivity contribution is 9.10. The Morgan fingerprint density at radius 3 is 2.84 bits per heavy atom. The van der Waals surface area contributed by atoms with Crippen molar-refractivity contribution >= 4 is 44.6 Å². The van der Waals surface area contributed by atoms with E-state index in [-0.39, 0.29) is 6.04 Å². The van der Waals surface area contributed by atoms with E-state index >= 15 is 0 Å². The Bertz CT molecular complexity index is 558. The van der Waals surface area contributed by atoms with Crippen molar-refractivity contribution in [1.82, 2.24) is 0 Å². The van der Waals surface area contributed by atoms with E-state index in [1.807, 2.05) is 25.1 Å². The molecule has 0 radical (unpaired) electrons. The first-order chi connectivity index (χ1) is 9.11. The predicted octanol–water partition coefficient (Wildman–Crippen LogP) is 5.74.